The van der Waals surface area contributed by atoms with Crippen LogP contribution in [0.25, 0.3) is 0 Å². The molecule has 1 heterocycles. The highest BCUT2D eigenvalue weighted by Gasteiger charge is 2.27. The fourth-order valence-corrected chi connectivity index (χ4v) is 4.75. The first-order valence-corrected chi connectivity index (χ1v) is 8.49. The lowest BCUT2D eigenvalue weighted by Crippen LogP contribution is -2.29. The molecule has 0 amide bonds. The van der Waals surface area contributed by atoms with Gasteiger partial charge in [0.2, 0.25) is 0 Å². The highest BCUT2D eigenvalue weighted by Crippen LogP contribution is 2.37. The van der Waals surface area contributed by atoms with Gasteiger partial charge in [-0.15, -0.1) is 0 Å². The maximum absolute atomic E-state index is 3.68. The van der Waals surface area contributed by atoms with E-state index in [0.29, 0.717) is 12.0 Å². The van der Waals surface area contributed by atoms with Gasteiger partial charge in [0, 0.05) is 15.9 Å². The van der Waals surface area contributed by atoms with Gasteiger partial charge in [-0.2, -0.15) is 11.3 Å². The molecular weight excluding hydrogens is 318 g/mol. The van der Waals surface area contributed by atoms with Crippen molar-refractivity contribution in [1.29, 1.82) is 0 Å². The van der Waals surface area contributed by atoms with Gasteiger partial charge in [0.05, 0.1) is 0 Å². The minimum Gasteiger partial charge on any atom is -0.313 e. The Morgan fingerprint density at radius 2 is 2.05 bits per heavy atom. The van der Waals surface area contributed by atoms with Crippen LogP contribution in [0.4, 0.5) is 0 Å². The van der Waals surface area contributed by atoms with E-state index in [1.807, 2.05) is 0 Å². The first-order valence-electron chi connectivity index (χ1n) is 6.75. The van der Waals surface area contributed by atoms with Crippen LogP contribution in [0.5, 0.6) is 0 Å². The molecule has 2 atom stereocenters. The van der Waals surface area contributed by atoms with Gasteiger partial charge in [-0.25, -0.2) is 0 Å². The Bertz CT molecular complexity index is 563. The normalized spacial score (nSPS) is 20.0. The summed E-state index contributed by atoms with van der Waals surface area (Å²) in [5, 5.41) is 7.97. The van der Waals surface area contributed by atoms with Crippen molar-refractivity contribution >= 4 is 27.3 Å². The molecule has 0 saturated carbocycles. The Labute approximate surface area is 127 Å². The second-order valence-corrected chi connectivity index (χ2v) is 6.81. The zero-order valence-corrected chi connectivity index (χ0v) is 13.4. The van der Waals surface area contributed by atoms with E-state index in [-0.39, 0.29) is 0 Å². The molecule has 1 aromatic heterocycles. The Morgan fingerprint density at radius 1 is 1.26 bits per heavy atom. The summed E-state index contributed by atoms with van der Waals surface area (Å²) in [7, 11) is 2.08. The van der Waals surface area contributed by atoms with Gasteiger partial charge in [0.25, 0.3) is 0 Å². The number of aryl methyl sites for hydroxylation is 1. The predicted molar refractivity (Wildman–Crippen MR) is 85.8 cm³/mol. The molecule has 1 aliphatic carbocycles. The molecule has 3 rings (SSSR count). The lowest BCUT2D eigenvalue weighted by atomic mass is 9.78. The predicted octanol–water partition coefficient (Wildman–Crippen LogP) is 4.58. The van der Waals surface area contributed by atoms with Gasteiger partial charge >= 0.3 is 0 Å². The number of fused-ring (bicyclic) bond motifs is 1. The summed E-state index contributed by atoms with van der Waals surface area (Å²) in [6, 6.07) is 9.34. The molecule has 0 fully saturated rings. The summed E-state index contributed by atoms with van der Waals surface area (Å²) in [4.78, 5) is 0. The Balaban J connectivity index is 1.85. The van der Waals surface area contributed by atoms with Crippen LogP contribution in [0.2, 0.25) is 0 Å². The number of thiophene rings is 1. The minimum atomic E-state index is 0.453. The molecule has 1 aromatic carbocycles. The Hall–Kier alpha value is -0.640. The molecule has 1 N–H and O–H groups in total. The standard InChI is InChI=1S/C16H18BrNS/c1-18-16(14-9-19-10-15(14)17)13-7-6-11-4-2-3-5-12(11)8-13/h2-5,9-10,13,16,18H,6-8H2,1H3. The number of hydrogen-bond acceptors (Lipinski definition) is 2. The van der Waals surface area contributed by atoms with Gasteiger partial charge in [-0.1, -0.05) is 24.3 Å². The SMILES string of the molecule is CNC(c1cscc1Br)C1CCc2ccccc2C1. The van der Waals surface area contributed by atoms with Crippen molar-refractivity contribution in [2.45, 2.75) is 25.3 Å². The molecule has 2 unspecified atom stereocenters. The second kappa shape index (κ2) is 5.78. The lowest BCUT2D eigenvalue weighted by molar-refractivity contribution is 0.342. The fourth-order valence-electron chi connectivity index (χ4n) is 3.17. The maximum Gasteiger partial charge on any atom is 0.0369 e. The monoisotopic (exact) mass is 335 g/mol. The number of nitrogens with one attached hydrogen (secondary N) is 1. The second-order valence-electron chi connectivity index (χ2n) is 5.21. The van der Waals surface area contributed by atoms with Crippen molar-refractivity contribution in [3.05, 3.63) is 56.2 Å². The summed E-state index contributed by atoms with van der Waals surface area (Å²) in [6.45, 7) is 0. The number of hydrogen-bond donors (Lipinski definition) is 1. The Morgan fingerprint density at radius 3 is 2.74 bits per heavy atom. The number of benzene rings is 1. The van der Waals surface area contributed by atoms with Crippen LogP contribution in [0, 0.1) is 5.92 Å². The van der Waals surface area contributed by atoms with E-state index >= 15 is 0 Å². The minimum absolute atomic E-state index is 0.453. The van der Waals surface area contributed by atoms with E-state index in [1.165, 1.54) is 40.4 Å². The summed E-state index contributed by atoms with van der Waals surface area (Å²) >= 11 is 5.45. The van der Waals surface area contributed by atoms with Gasteiger partial charge in [0.1, 0.15) is 0 Å². The average Bonchev–Trinajstić information content (AvgIpc) is 2.86. The molecule has 0 spiro atoms. The summed E-state index contributed by atoms with van der Waals surface area (Å²) < 4.78 is 1.25. The summed E-state index contributed by atoms with van der Waals surface area (Å²) in [6.07, 6.45) is 3.66. The van der Waals surface area contributed by atoms with Crippen LogP contribution in [0.1, 0.15) is 29.2 Å². The fraction of sp³-hybridized carbons (Fsp3) is 0.375. The van der Waals surface area contributed by atoms with Gasteiger partial charge in [-0.3, -0.25) is 0 Å². The molecule has 2 aromatic rings. The molecule has 0 aliphatic heterocycles. The van der Waals surface area contributed by atoms with E-state index in [9.17, 15) is 0 Å². The van der Waals surface area contributed by atoms with Crippen LogP contribution in [-0.4, -0.2) is 7.05 Å². The molecule has 0 saturated heterocycles. The van der Waals surface area contributed by atoms with E-state index in [0.717, 1.165) is 0 Å². The first-order chi connectivity index (χ1) is 9.29. The van der Waals surface area contributed by atoms with Crippen molar-refractivity contribution in [2.24, 2.45) is 5.92 Å². The van der Waals surface area contributed by atoms with Gasteiger partial charge < -0.3 is 5.32 Å². The lowest BCUT2D eigenvalue weighted by Gasteiger charge is -2.31. The van der Waals surface area contributed by atoms with Crippen LogP contribution in [-0.2, 0) is 12.8 Å². The van der Waals surface area contributed by atoms with Crippen LogP contribution in [0.3, 0.4) is 0 Å². The van der Waals surface area contributed by atoms with Gasteiger partial charge in [0.15, 0.2) is 0 Å². The molecule has 3 heteroatoms. The van der Waals surface area contributed by atoms with Crippen molar-refractivity contribution < 1.29 is 0 Å². The molecule has 100 valence electrons. The third-order valence-corrected chi connectivity index (χ3v) is 5.90. The third kappa shape index (κ3) is 2.64. The molecule has 19 heavy (non-hydrogen) atoms. The molecule has 1 nitrogen and oxygen atoms in total. The zero-order valence-electron chi connectivity index (χ0n) is 11.0. The highest BCUT2D eigenvalue weighted by molar-refractivity contribution is 9.10. The van der Waals surface area contributed by atoms with E-state index in [2.05, 4.69) is 63.3 Å². The van der Waals surface area contributed by atoms with Crippen LogP contribution in [0.15, 0.2) is 39.5 Å². The van der Waals surface area contributed by atoms with E-state index < -0.39 is 0 Å². The summed E-state index contributed by atoms with van der Waals surface area (Å²) in [5.41, 5.74) is 4.49. The van der Waals surface area contributed by atoms with Crippen molar-refractivity contribution in [1.82, 2.24) is 5.32 Å². The van der Waals surface area contributed by atoms with Crippen molar-refractivity contribution in [2.75, 3.05) is 7.05 Å². The molecule has 1 aliphatic rings. The highest BCUT2D eigenvalue weighted by atomic mass is 79.9. The van der Waals surface area contributed by atoms with Crippen molar-refractivity contribution in [3.63, 3.8) is 0 Å². The maximum atomic E-state index is 3.68. The number of rotatable bonds is 3. The van der Waals surface area contributed by atoms with E-state index in [1.54, 1.807) is 11.3 Å². The number of halogens is 1. The van der Waals surface area contributed by atoms with Crippen LogP contribution >= 0.6 is 27.3 Å². The van der Waals surface area contributed by atoms with Crippen LogP contribution < -0.4 is 5.32 Å². The first kappa shape index (κ1) is 13.3. The zero-order chi connectivity index (χ0) is 13.2. The van der Waals surface area contributed by atoms with Gasteiger partial charge in [-0.05, 0) is 70.2 Å². The molecule has 0 bridgehead atoms. The topological polar surface area (TPSA) is 12.0 Å². The largest absolute Gasteiger partial charge is 0.313 e. The third-order valence-electron chi connectivity index (χ3n) is 4.14. The molecular formula is C16H18BrNS. The summed E-state index contributed by atoms with van der Waals surface area (Å²) in [5.74, 6) is 0.686. The van der Waals surface area contributed by atoms with Crippen molar-refractivity contribution in [3.8, 4) is 0 Å². The Kier molecular flexibility index (Phi) is 4.06. The quantitative estimate of drug-likeness (QED) is 0.865. The smallest absolute Gasteiger partial charge is 0.0369 e. The average molecular weight is 336 g/mol. The van der Waals surface area contributed by atoms with E-state index in [4.69, 9.17) is 0 Å². The molecule has 0 radical (unpaired) electrons.